The molecule has 3 rings (SSSR count). The van der Waals surface area contributed by atoms with E-state index in [9.17, 15) is 42.9 Å². The van der Waals surface area contributed by atoms with Crippen molar-refractivity contribution in [2.75, 3.05) is 31.6 Å². The van der Waals surface area contributed by atoms with Gasteiger partial charge >= 0.3 is 5.97 Å². The number of carbonyl (C=O) groups excluding carboxylic acids is 6. The smallest absolute Gasteiger partial charge is 0.326 e. The van der Waals surface area contributed by atoms with Crippen molar-refractivity contribution in [3.63, 3.8) is 0 Å². The SMILES string of the molecule is CC(C)C[C@H](NC(=O)[C@@H]1CCCN1)C(=O)NCC(=O)N[C@@H](Cc1ccc(OBr)cc1)C(=O)N[C@@H](CCS(C)=O)C(=O)N[C@@H](Cc1ccccc1)C(=O)N[C@@H](CCCN=C(N)N)C(=O)O. The van der Waals surface area contributed by atoms with Crippen LogP contribution in [-0.2, 0) is 57.2 Å². The van der Waals surface area contributed by atoms with Crippen LogP contribution in [0.5, 0.6) is 5.75 Å². The molecule has 0 aromatic heterocycles. The molecule has 64 heavy (non-hydrogen) atoms. The lowest BCUT2D eigenvalue weighted by atomic mass is 10.0. The number of benzene rings is 2. The Morgan fingerprint density at radius 2 is 1.41 bits per heavy atom. The summed E-state index contributed by atoms with van der Waals surface area (Å²) in [4.78, 5) is 97.6. The van der Waals surface area contributed by atoms with Gasteiger partial charge in [0.25, 0.3) is 0 Å². The summed E-state index contributed by atoms with van der Waals surface area (Å²) >= 11 is 2.91. The highest BCUT2D eigenvalue weighted by Crippen LogP contribution is 2.16. The lowest BCUT2D eigenvalue weighted by Gasteiger charge is -2.26. The predicted molar refractivity (Wildman–Crippen MR) is 244 cm³/mol. The topological polar surface area (TPSA) is 315 Å². The molecule has 1 aliphatic rings. The Kier molecular flexibility index (Phi) is 22.7. The fraction of sp³-hybridized carbons (Fsp3) is 0.524. The van der Waals surface area contributed by atoms with Gasteiger partial charge in [-0.25, -0.2) is 4.79 Å². The van der Waals surface area contributed by atoms with Gasteiger partial charge < -0.3 is 57.6 Å². The third kappa shape index (κ3) is 19.4. The van der Waals surface area contributed by atoms with Crippen LogP contribution in [0, 0.1) is 5.92 Å². The highest BCUT2D eigenvalue weighted by atomic mass is 79.9. The van der Waals surface area contributed by atoms with Gasteiger partial charge in [0.1, 0.15) is 36.0 Å². The molecule has 20 nitrogen and oxygen atoms in total. The van der Waals surface area contributed by atoms with E-state index in [0.717, 1.165) is 6.42 Å². The van der Waals surface area contributed by atoms with Gasteiger partial charge in [-0.1, -0.05) is 56.3 Å². The molecule has 0 bridgehead atoms. The molecule has 352 valence electrons. The summed E-state index contributed by atoms with van der Waals surface area (Å²) in [6.45, 7) is 4.05. The summed E-state index contributed by atoms with van der Waals surface area (Å²) in [5.74, 6) is -5.14. The van der Waals surface area contributed by atoms with Gasteiger partial charge in [-0.15, -0.1) is 0 Å². The Morgan fingerprint density at radius 1 is 0.812 bits per heavy atom. The Labute approximate surface area is 383 Å². The second-order valence-electron chi connectivity index (χ2n) is 15.8. The van der Waals surface area contributed by atoms with Gasteiger partial charge in [-0.3, -0.25) is 38.0 Å². The van der Waals surface area contributed by atoms with E-state index in [2.05, 4.69) is 58.5 Å². The van der Waals surface area contributed by atoms with Gasteiger partial charge in [0.15, 0.2) is 22.2 Å². The van der Waals surface area contributed by atoms with Gasteiger partial charge in [-0.2, -0.15) is 0 Å². The van der Waals surface area contributed by atoms with Gasteiger partial charge in [-0.05, 0) is 74.2 Å². The molecule has 0 saturated carbocycles. The molecule has 1 heterocycles. The number of carboxylic acid groups (broad SMARTS) is 1. The standard InChI is InChI=1S/C42H61BrN10O10S/c1-25(2)21-32(52-37(56)29-11-7-18-46-29)36(55)48-24-35(54)49-33(23-27-13-15-28(63-43)16-14-27)39(58)50-30(17-20-64(3)62)38(57)53-34(22-26-9-5-4-6-10-26)40(59)51-31(41(60)61)12-8-19-47-42(44)45/h4-6,9-10,13-16,25,29-34,46H,7-8,11-12,17-24H2,1-3H3,(H,48,55)(H,49,54)(H,50,58)(H,51,59)(H,52,56)(H,53,57)(H,60,61)(H4,44,45,47)/t29-,30-,31-,32-,33-,34-,64?/m0/s1. The first-order chi connectivity index (χ1) is 30.4. The first kappa shape index (κ1) is 52.7. The summed E-state index contributed by atoms with van der Waals surface area (Å²) in [5.41, 5.74) is 11.9. The van der Waals surface area contributed by atoms with Crippen LogP contribution in [0.15, 0.2) is 59.6 Å². The van der Waals surface area contributed by atoms with Crippen molar-refractivity contribution in [1.82, 2.24) is 37.2 Å². The zero-order chi connectivity index (χ0) is 47.2. The molecule has 7 atom stereocenters. The summed E-state index contributed by atoms with van der Waals surface area (Å²) in [7, 11) is -1.42. The molecule has 1 unspecified atom stereocenters. The largest absolute Gasteiger partial charge is 0.480 e. The number of aliphatic imine (C=N–C) groups is 1. The number of nitrogens with one attached hydrogen (secondary N) is 7. The number of nitrogens with two attached hydrogens (primary N) is 2. The maximum atomic E-state index is 14.2. The number of guanidine groups is 1. The fourth-order valence-electron chi connectivity index (χ4n) is 6.73. The van der Waals surface area contributed by atoms with Crippen LogP contribution in [0.25, 0.3) is 0 Å². The molecular formula is C42H61BrN10O10S. The van der Waals surface area contributed by atoms with Gasteiger partial charge in [0, 0.05) is 42.2 Å². The van der Waals surface area contributed by atoms with E-state index in [4.69, 9.17) is 15.3 Å². The molecule has 0 aliphatic carbocycles. The minimum absolute atomic E-state index is 0.0271. The average Bonchev–Trinajstić information content (AvgIpc) is 3.80. The van der Waals surface area contributed by atoms with E-state index < -0.39 is 89.1 Å². The lowest BCUT2D eigenvalue weighted by molar-refractivity contribution is -0.142. The van der Waals surface area contributed by atoms with Crippen molar-refractivity contribution in [2.45, 2.75) is 101 Å². The summed E-state index contributed by atoms with van der Waals surface area (Å²) in [5, 5.41) is 28.7. The van der Waals surface area contributed by atoms with Crippen molar-refractivity contribution in [1.29, 1.82) is 0 Å². The van der Waals surface area contributed by atoms with Crippen LogP contribution in [0.4, 0.5) is 0 Å². The van der Waals surface area contributed by atoms with Crippen LogP contribution < -0.4 is 52.5 Å². The first-order valence-electron chi connectivity index (χ1n) is 21.0. The average molecular weight is 978 g/mol. The molecule has 22 heteroatoms. The molecular weight excluding hydrogens is 916 g/mol. The first-order valence-corrected chi connectivity index (χ1v) is 23.3. The van der Waals surface area contributed by atoms with E-state index in [1.165, 1.54) is 6.26 Å². The second kappa shape index (κ2) is 27.5. The fourth-order valence-corrected chi connectivity index (χ4v) is 7.51. The van der Waals surface area contributed by atoms with Crippen LogP contribution in [0.2, 0.25) is 0 Å². The van der Waals surface area contributed by atoms with Crippen molar-refractivity contribution < 1.29 is 46.7 Å². The zero-order valence-electron chi connectivity index (χ0n) is 36.2. The Hall–Kier alpha value is -5.61. The van der Waals surface area contributed by atoms with E-state index in [-0.39, 0.29) is 62.2 Å². The van der Waals surface area contributed by atoms with Crippen LogP contribution >= 0.6 is 16.3 Å². The number of aliphatic carboxylic acids is 1. The molecule has 0 spiro atoms. The second-order valence-corrected chi connectivity index (χ2v) is 17.7. The summed E-state index contributed by atoms with van der Waals surface area (Å²) in [6, 6.07) is 8.50. The van der Waals surface area contributed by atoms with Crippen molar-refractivity contribution >= 4 is 74.4 Å². The number of carbonyl (C=O) groups is 7. The number of hydrogen-bond acceptors (Lipinski definition) is 11. The molecule has 1 aliphatic heterocycles. The number of carboxylic acids is 1. The van der Waals surface area contributed by atoms with E-state index in [1.54, 1.807) is 54.6 Å². The molecule has 0 radical (unpaired) electrons. The van der Waals surface area contributed by atoms with Gasteiger partial charge in [0.05, 0.1) is 12.6 Å². The van der Waals surface area contributed by atoms with Crippen molar-refractivity contribution in [3.05, 3.63) is 65.7 Å². The summed E-state index contributed by atoms with van der Waals surface area (Å²) < 4.78 is 17.3. The maximum Gasteiger partial charge on any atom is 0.326 e. The van der Waals surface area contributed by atoms with Crippen molar-refractivity contribution in [3.8, 4) is 5.75 Å². The predicted octanol–water partition coefficient (Wildman–Crippen LogP) is -0.594. The minimum Gasteiger partial charge on any atom is -0.480 e. The number of nitrogens with zero attached hydrogens (tertiary/aromatic N) is 1. The molecule has 6 amide bonds. The molecule has 1 fully saturated rings. The normalized spacial score (nSPS) is 16.1. The number of amides is 6. The quantitative estimate of drug-likeness (QED) is 0.0305. The van der Waals surface area contributed by atoms with Crippen molar-refractivity contribution in [2.24, 2.45) is 22.4 Å². The molecule has 12 N–H and O–H groups in total. The lowest BCUT2D eigenvalue weighted by Crippen LogP contribution is -2.59. The Balaban J connectivity index is 1.84. The molecule has 2 aromatic carbocycles. The van der Waals surface area contributed by atoms with E-state index >= 15 is 0 Å². The third-order valence-corrected chi connectivity index (χ3v) is 11.2. The van der Waals surface area contributed by atoms with Gasteiger partial charge in [0.2, 0.25) is 35.4 Å². The number of hydrogen-bond donors (Lipinski definition) is 10. The molecule has 1 saturated heterocycles. The highest BCUT2D eigenvalue weighted by molar-refractivity contribution is 9.06. The third-order valence-electron chi connectivity index (χ3n) is 10.0. The van der Waals surface area contributed by atoms with E-state index in [1.807, 2.05) is 13.8 Å². The van der Waals surface area contributed by atoms with Crippen LogP contribution in [-0.4, -0.2) is 125 Å². The minimum atomic E-state index is -1.42. The Morgan fingerprint density at radius 3 is 1.97 bits per heavy atom. The van der Waals surface area contributed by atoms with E-state index in [0.29, 0.717) is 36.3 Å². The maximum absolute atomic E-state index is 14.2. The highest BCUT2D eigenvalue weighted by Gasteiger charge is 2.33. The number of rotatable bonds is 27. The summed E-state index contributed by atoms with van der Waals surface area (Å²) in [6.07, 6.45) is 3.11. The zero-order valence-corrected chi connectivity index (χ0v) is 38.6. The van der Waals surface area contributed by atoms with Crippen LogP contribution in [0.3, 0.4) is 0 Å². The monoisotopic (exact) mass is 976 g/mol. The van der Waals surface area contributed by atoms with Crippen LogP contribution in [0.1, 0.15) is 63.5 Å². The molecule has 2 aromatic rings. The number of halogens is 1. The Bertz CT molecular complexity index is 1930.